The van der Waals surface area contributed by atoms with Crippen LogP contribution in [0.1, 0.15) is 37.7 Å². The average Bonchev–Trinajstić information content (AvgIpc) is 2.54. The number of carbonyl (C=O) groups excluding carboxylic acids is 1. The van der Waals surface area contributed by atoms with Gasteiger partial charge < -0.3 is 0 Å². The first-order chi connectivity index (χ1) is 8.22. The SMILES string of the molecule is O=CC1=C(c2ccc(Cl)cc2F)CCCCC1. The highest BCUT2D eigenvalue weighted by molar-refractivity contribution is 6.30. The molecular weight excluding hydrogens is 239 g/mol. The number of halogens is 2. The number of allylic oxidation sites excluding steroid dienone is 2. The van der Waals surface area contributed by atoms with Gasteiger partial charge in [0.05, 0.1) is 0 Å². The van der Waals surface area contributed by atoms with E-state index >= 15 is 0 Å². The van der Waals surface area contributed by atoms with Crippen LogP contribution in [-0.4, -0.2) is 6.29 Å². The maximum atomic E-state index is 13.8. The lowest BCUT2D eigenvalue weighted by molar-refractivity contribution is -0.105. The Hall–Kier alpha value is -1.15. The molecule has 17 heavy (non-hydrogen) atoms. The number of hydrogen-bond donors (Lipinski definition) is 0. The van der Waals surface area contributed by atoms with E-state index in [1.165, 1.54) is 6.07 Å². The molecule has 0 aliphatic heterocycles. The lowest BCUT2D eigenvalue weighted by Crippen LogP contribution is -1.95. The first-order valence-electron chi connectivity index (χ1n) is 5.85. The van der Waals surface area contributed by atoms with Crippen molar-refractivity contribution < 1.29 is 9.18 Å². The number of carbonyl (C=O) groups is 1. The largest absolute Gasteiger partial charge is 0.298 e. The van der Waals surface area contributed by atoms with E-state index in [0.29, 0.717) is 10.6 Å². The molecule has 90 valence electrons. The zero-order chi connectivity index (χ0) is 12.3. The normalized spacial score (nSPS) is 16.8. The lowest BCUT2D eigenvalue weighted by Gasteiger charge is -2.10. The zero-order valence-electron chi connectivity index (χ0n) is 9.51. The van der Waals surface area contributed by atoms with Crippen LogP contribution in [0.15, 0.2) is 23.8 Å². The molecule has 1 nitrogen and oxygen atoms in total. The van der Waals surface area contributed by atoms with Crippen molar-refractivity contribution in [1.82, 2.24) is 0 Å². The third-order valence-electron chi connectivity index (χ3n) is 3.16. The Morgan fingerprint density at radius 1 is 1.18 bits per heavy atom. The Morgan fingerprint density at radius 2 is 1.94 bits per heavy atom. The molecule has 1 aromatic carbocycles. The summed E-state index contributed by atoms with van der Waals surface area (Å²) in [5, 5.41) is 0.383. The molecule has 0 heterocycles. The van der Waals surface area contributed by atoms with Crippen LogP contribution in [0.2, 0.25) is 5.02 Å². The summed E-state index contributed by atoms with van der Waals surface area (Å²) in [7, 11) is 0. The fourth-order valence-corrected chi connectivity index (χ4v) is 2.44. The fourth-order valence-electron chi connectivity index (χ4n) is 2.28. The van der Waals surface area contributed by atoms with Crippen molar-refractivity contribution >= 4 is 23.5 Å². The van der Waals surface area contributed by atoms with Crippen molar-refractivity contribution in [2.45, 2.75) is 32.1 Å². The monoisotopic (exact) mass is 252 g/mol. The van der Waals surface area contributed by atoms with Crippen LogP contribution >= 0.6 is 11.6 Å². The summed E-state index contributed by atoms with van der Waals surface area (Å²) in [5.74, 6) is -0.339. The smallest absolute Gasteiger partial charge is 0.146 e. The quantitative estimate of drug-likeness (QED) is 0.713. The van der Waals surface area contributed by atoms with Gasteiger partial charge in [0.1, 0.15) is 12.1 Å². The third-order valence-corrected chi connectivity index (χ3v) is 3.39. The van der Waals surface area contributed by atoms with Gasteiger partial charge in [-0.2, -0.15) is 0 Å². The van der Waals surface area contributed by atoms with Crippen molar-refractivity contribution in [1.29, 1.82) is 0 Å². The first kappa shape index (κ1) is 12.3. The first-order valence-corrected chi connectivity index (χ1v) is 6.23. The molecule has 3 heteroatoms. The minimum Gasteiger partial charge on any atom is -0.298 e. The van der Waals surface area contributed by atoms with Gasteiger partial charge in [-0.1, -0.05) is 24.1 Å². The standard InChI is InChI=1S/C14H14ClFO/c15-11-6-7-13(14(16)8-11)12-5-3-1-2-4-10(12)9-17/h6-9H,1-5H2. The van der Waals surface area contributed by atoms with E-state index in [9.17, 15) is 9.18 Å². The van der Waals surface area contributed by atoms with E-state index in [1.807, 2.05) is 0 Å². The molecule has 0 atom stereocenters. The van der Waals surface area contributed by atoms with E-state index in [0.717, 1.165) is 49.5 Å². The molecule has 1 aromatic rings. The van der Waals surface area contributed by atoms with Crippen LogP contribution in [-0.2, 0) is 4.79 Å². The zero-order valence-corrected chi connectivity index (χ0v) is 10.3. The van der Waals surface area contributed by atoms with Gasteiger partial charge in [-0.3, -0.25) is 4.79 Å². The van der Waals surface area contributed by atoms with Crippen LogP contribution in [0, 0.1) is 5.82 Å². The molecule has 2 rings (SSSR count). The van der Waals surface area contributed by atoms with E-state index in [4.69, 9.17) is 11.6 Å². The van der Waals surface area contributed by atoms with Crippen LogP contribution in [0.4, 0.5) is 4.39 Å². The van der Waals surface area contributed by atoms with Gasteiger partial charge >= 0.3 is 0 Å². The number of rotatable bonds is 2. The molecule has 0 fully saturated rings. The molecule has 1 aliphatic rings. The molecule has 0 radical (unpaired) electrons. The van der Waals surface area contributed by atoms with E-state index in [1.54, 1.807) is 12.1 Å². The average molecular weight is 253 g/mol. The van der Waals surface area contributed by atoms with Gasteiger partial charge in [0, 0.05) is 10.6 Å². The molecule has 0 amide bonds. The summed E-state index contributed by atoms with van der Waals surface area (Å²) in [6, 6.07) is 4.64. The summed E-state index contributed by atoms with van der Waals surface area (Å²) in [5.41, 5.74) is 2.12. The third kappa shape index (κ3) is 2.75. The summed E-state index contributed by atoms with van der Waals surface area (Å²) in [6.45, 7) is 0. The lowest BCUT2D eigenvalue weighted by atomic mass is 9.96. The summed E-state index contributed by atoms with van der Waals surface area (Å²) >= 11 is 5.73. The predicted molar refractivity (Wildman–Crippen MR) is 67.5 cm³/mol. The maximum Gasteiger partial charge on any atom is 0.146 e. The Labute approximate surface area is 105 Å². The highest BCUT2D eigenvalue weighted by Crippen LogP contribution is 2.32. The Bertz CT molecular complexity index is 465. The molecule has 1 aliphatic carbocycles. The van der Waals surface area contributed by atoms with Gasteiger partial charge in [0.25, 0.3) is 0 Å². The Balaban J connectivity index is 2.48. The summed E-state index contributed by atoms with van der Waals surface area (Å²) in [4.78, 5) is 11.1. The van der Waals surface area contributed by atoms with E-state index in [2.05, 4.69) is 0 Å². The predicted octanol–water partition coefficient (Wildman–Crippen LogP) is 4.40. The number of hydrogen-bond acceptors (Lipinski definition) is 1. The molecule has 0 N–H and O–H groups in total. The Kier molecular flexibility index (Phi) is 3.95. The second-order valence-electron chi connectivity index (χ2n) is 4.31. The topological polar surface area (TPSA) is 17.1 Å². The molecule has 0 bridgehead atoms. The molecule has 0 saturated heterocycles. The fraction of sp³-hybridized carbons (Fsp3) is 0.357. The van der Waals surface area contributed by atoms with Crippen molar-refractivity contribution in [3.05, 3.63) is 40.2 Å². The minimum atomic E-state index is -0.339. The van der Waals surface area contributed by atoms with Gasteiger partial charge in [-0.25, -0.2) is 4.39 Å². The van der Waals surface area contributed by atoms with Gasteiger partial charge in [-0.15, -0.1) is 0 Å². The van der Waals surface area contributed by atoms with E-state index in [-0.39, 0.29) is 5.82 Å². The molecular formula is C14H14ClFO. The van der Waals surface area contributed by atoms with Gasteiger partial charge in [-0.05, 0) is 49.0 Å². The second-order valence-corrected chi connectivity index (χ2v) is 4.74. The van der Waals surface area contributed by atoms with Crippen molar-refractivity contribution in [3.8, 4) is 0 Å². The van der Waals surface area contributed by atoms with Crippen molar-refractivity contribution in [2.75, 3.05) is 0 Å². The van der Waals surface area contributed by atoms with E-state index < -0.39 is 0 Å². The van der Waals surface area contributed by atoms with Crippen LogP contribution in [0.25, 0.3) is 5.57 Å². The van der Waals surface area contributed by atoms with Crippen LogP contribution in [0.5, 0.6) is 0 Å². The molecule has 0 spiro atoms. The van der Waals surface area contributed by atoms with Crippen LogP contribution in [0.3, 0.4) is 0 Å². The molecule has 0 unspecified atom stereocenters. The maximum absolute atomic E-state index is 13.8. The summed E-state index contributed by atoms with van der Waals surface area (Å²) in [6.07, 6.45) is 5.50. The number of aldehydes is 1. The van der Waals surface area contributed by atoms with Gasteiger partial charge in [0.15, 0.2) is 0 Å². The van der Waals surface area contributed by atoms with Crippen LogP contribution < -0.4 is 0 Å². The Morgan fingerprint density at radius 3 is 2.65 bits per heavy atom. The highest BCUT2D eigenvalue weighted by Gasteiger charge is 2.15. The molecule has 0 aromatic heterocycles. The van der Waals surface area contributed by atoms with Crippen molar-refractivity contribution in [3.63, 3.8) is 0 Å². The minimum absolute atomic E-state index is 0.339. The van der Waals surface area contributed by atoms with Crippen molar-refractivity contribution in [2.24, 2.45) is 0 Å². The second kappa shape index (κ2) is 5.46. The molecule has 0 saturated carbocycles. The highest BCUT2D eigenvalue weighted by atomic mass is 35.5. The van der Waals surface area contributed by atoms with Gasteiger partial charge in [0.2, 0.25) is 0 Å². The number of benzene rings is 1. The summed E-state index contributed by atoms with van der Waals surface area (Å²) < 4.78 is 13.8.